The van der Waals surface area contributed by atoms with Crippen LogP contribution >= 0.6 is 0 Å². The molecule has 5 heteroatoms. The summed E-state index contributed by atoms with van der Waals surface area (Å²) in [6.45, 7) is 6.47. The van der Waals surface area contributed by atoms with Gasteiger partial charge in [0.05, 0.1) is 18.8 Å². The summed E-state index contributed by atoms with van der Waals surface area (Å²) in [6.07, 6.45) is 0. The molecule has 27 heavy (non-hydrogen) atoms. The van der Waals surface area contributed by atoms with Gasteiger partial charge in [0, 0.05) is 18.2 Å². The lowest BCUT2D eigenvalue weighted by atomic mass is 10.1. The van der Waals surface area contributed by atoms with E-state index >= 15 is 0 Å². The van der Waals surface area contributed by atoms with E-state index < -0.39 is 0 Å². The second-order valence-corrected chi connectivity index (χ2v) is 7.00. The van der Waals surface area contributed by atoms with Gasteiger partial charge in [-0.1, -0.05) is 42.0 Å². The highest BCUT2D eigenvalue weighted by molar-refractivity contribution is 5.94. The number of aryl methyl sites for hydroxylation is 2. The van der Waals surface area contributed by atoms with Crippen LogP contribution in [-0.4, -0.2) is 27.1 Å². The van der Waals surface area contributed by atoms with E-state index in [1.807, 2.05) is 59.0 Å². The quantitative estimate of drug-likeness (QED) is 0.711. The van der Waals surface area contributed by atoms with Crippen molar-refractivity contribution < 1.29 is 9.53 Å². The standard InChI is InChI=1S/C22H23N3O2/c1-16-7-9-18(10-8-16)22(26)24-11-12-25-20(14-24)13-21(23-25)27-15-19-6-4-3-5-17(19)2/h3-10,13H,11-12,14-15H2,1-2H3. The van der Waals surface area contributed by atoms with E-state index in [9.17, 15) is 4.79 Å². The number of hydrogen-bond donors (Lipinski definition) is 0. The van der Waals surface area contributed by atoms with E-state index in [1.54, 1.807) is 0 Å². The molecular formula is C22H23N3O2. The minimum atomic E-state index is 0.0600. The highest BCUT2D eigenvalue weighted by Gasteiger charge is 2.23. The van der Waals surface area contributed by atoms with Gasteiger partial charge in [-0.25, -0.2) is 0 Å². The Labute approximate surface area is 159 Å². The molecule has 1 aliphatic heterocycles. The van der Waals surface area contributed by atoms with Gasteiger partial charge in [0.25, 0.3) is 5.91 Å². The first-order chi connectivity index (χ1) is 13.1. The number of hydrogen-bond acceptors (Lipinski definition) is 3. The van der Waals surface area contributed by atoms with Crippen molar-refractivity contribution in [2.75, 3.05) is 6.54 Å². The largest absolute Gasteiger partial charge is 0.472 e. The first-order valence-electron chi connectivity index (χ1n) is 9.20. The van der Waals surface area contributed by atoms with Crippen LogP contribution in [0.2, 0.25) is 0 Å². The molecule has 0 aliphatic carbocycles. The average Bonchev–Trinajstić information content (AvgIpc) is 3.09. The SMILES string of the molecule is Cc1ccc(C(=O)N2CCn3nc(OCc4ccccc4C)cc3C2)cc1. The third-order valence-electron chi connectivity index (χ3n) is 5.00. The van der Waals surface area contributed by atoms with Crippen molar-refractivity contribution in [1.82, 2.24) is 14.7 Å². The zero-order valence-corrected chi connectivity index (χ0v) is 15.7. The van der Waals surface area contributed by atoms with Crippen molar-refractivity contribution in [3.63, 3.8) is 0 Å². The van der Waals surface area contributed by atoms with E-state index in [1.165, 1.54) is 5.56 Å². The summed E-state index contributed by atoms with van der Waals surface area (Å²) < 4.78 is 7.82. The number of benzene rings is 2. The number of carbonyl (C=O) groups excluding carboxylic acids is 1. The zero-order chi connectivity index (χ0) is 18.8. The van der Waals surface area contributed by atoms with Crippen LogP contribution in [0.3, 0.4) is 0 Å². The van der Waals surface area contributed by atoms with Crippen LogP contribution in [0.1, 0.15) is 32.7 Å². The molecule has 0 N–H and O–H groups in total. The first kappa shape index (κ1) is 17.3. The molecule has 0 unspecified atom stereocenters. The van der Waals surface area contributed by atoms with Gasteiger partial charge in [-0.2, -0.15) is 0 Å². The Morgan fingerprint density at radius 3 is 2.63 bits per heavy atom. The molecule has 3 aromatic rings. The molecule has 0 bridgehead atoms. The van der Waals surface area contributed by atoms with Gasteiger partial charge in [-0.15, -0.1) is 5.10 Å². The summed E-state index contributed by atoms with van der Waals surface area (Å²) in [5.41, 5.74) is 5.24. The minimum Gasteiger partial charge on any atom is -0.472 e. The predicted octanol–water partition coefficient (Wildman–Crippen LogP) is 3.73. The molecule has 5 nitrogen and oxygen atoms in total. The summed E-state index contributed by atoms with van der Waals surface area (Å²) in [7, 11) is 0. The first-order valence-corrected chi connectivity index (χ1v) is 9.20. The molecule has 138 valence electrons. The zero-order valence-electron chi connectivity index (χ0n) is 15.7. The summed E-state index contributed by atoms with van der Waals surface area (Å²) >= 11 is 0. The number of amides is 1. The van der Waals surface area contributed by atoms with E-state index in [2.05, 4.69) is 24.2 Å². The summed E-state index contributed by atoms with van der Waals surface area (Å²) in [6, 6.07) is 17.8. The molecule has 1 aromatic heterocycles. The lowest BCUT2D eigenvalue weighted by molar-refractivity contribution is 0.0706. The van der Waals surface area contributed by atoms with Crippen molar-refractivity contribution in [3.05, 3.63) is 82.5 Å². The van der Waals surface area contributed by atoms with Crippen LogP contribution in [-0.2, 0) is 19.7 Å². The maximum Gasteiger partial charge on any atom is 0.254 e. The maximum atomic E-state index is 12.7. The summed E-state index contributed by atoms with van der Waals surface area (Å²) in [5, 5.41) is 4.53. The van der Waals surface area contributed by atoms with Gasteiger partial charge >= 0.3 is 0 Å². The Morgan fingerprint density at radius 1 is 1.07 bits per heavy atom. The average molecular weight is 361 g/mol. The van der Waals surface area contributed by atoms with Crippen molar-refractivity contribution in [2.24, 2.45) is 0 Å². The Balaban J connectivity index is 1.43. The lowest BCUT2D eigenvalue weighted by Gasteiger charge is -2.27. The van der Waals surface area contributed by atoms with Gasteiger partial charge in [-0.05, 0) is 37.1 Å². The topological polar surface area (TPSA) is 47.4 Å². The fourth-order valence-corrected chi connectivity index (χ4v) is 3.29. The second kappa shape index (κ2) is 7.27. The molecule has 0 saturated heterocycles. The van der Waals surface area contributed by atoms with Gasteiger partial charge in [0.2, 0.25) is 5.88 Å². The molecule has 2 aromatic carbocycles. The Kier molecular flexibility index (Phi) is 4.67. The van der Waals surface area contributed by atoms with E-state index in [4.69, 9.17) is 4.74 Å². The van der Waals surface area contributed by atoms with Gasteiger partial charge in [0.1, 0.15) is 6.61 Å². The molecule has 0 saturated carbocycles. The molecule has 0 spiro atoms. The number of aromatic nitrogens is 2. The van der Waals surface area contributed by atoms with Gasteiger partial charge < -0.3 is 9.64 Å². The fraction of sp³-hybridized carbons (Fsp3) is 0.273. The molecule has 4 rings (SSSR count). The highest BCUT2D eigenvalue weighted by atomic mass is 16.5. The van der Waals surface area contributed by atoms with E-state index in [-0.39, 0.29) is 5.91 Å². The fourth-order valence-electron chi connectivity index (χ4n) is 3.29. The number of nitrogens with zero attached hydrogens (tertiary/aromatic N) is 3. The van der Waals surface area contributed by atoms with Gasteiger partial charge in [0.15, 0.2) is 0 Å². The minimum absolute atomic E-state index is 0.0600. The van der Waals surface area contributed by atoms with Crippen molar-refractivity contribution in [1.29, 1.82) is 0 Å². The Bertz CT molecular complexity index is 960. The molecule has 1 amide bonds. The Morgan fingerprint density at radius 2 is 1.85 bits per heavy atom. The summed E-state index contributed by atoms with van der Waals surface area (Å²) in [5.74, 6) is 0.669. The lowest BCUT2D eigenvalue weighted by Crippen LogP contribution is -2.38. The number of carbonyl (C=O) groups is 1. The van der Waals surface area contributed by atoms with Crippen LogP contribution in [0.4, 0.5) is 0 Å². The number of ether oxygens (including phenoxy) is 1. The summed E-state index contributed by atoms with van der Waals surface area (Å²) in [4.78, 5) is 14.6. The molecule has 0 fully saturated rings. The van der Waals surface area contributed by atoms with Crippen LogP contribution < -0.4 is 4.74 Å². The number of fused-ring (bicyclic) bond motifs is 1. The molecule has 1 aliphatic rings. The van der Waals surface area contributed by atoms with Crippen molar-refractivity contribution >= 4 is 5.91 Å². The van der Waals surface area contributed by atoms with Crippen molar-refractivity contribution in [2.45, 2.75) is 33.5 Å². The predicted molar refractivity (Wildman–Crippen MR) is 104 cm³/mol. The smallest absolute Gasteiger partial charge is 0.254 e. The van der Waals surface area contributed by atoms with Crippen molar-refractivity contribution in [3.8, 4) is 5.88 Å². The Hall–Kier alpha value is -3.08. The second-order valence-electron chi connectivity index (χ2n) is 7.00. The van der Waals surface area contributed by atoms with Crippen LogP contribution in [0.15, 0.2) is 54.6 Å². The third kappa shape index (κ3) is 3.72. The molecule has 2 heterocycles. The number of rotatable bonds is 4. The molecular weight excluding hydrogens is 338 g/mol. The van der Waals surface area contributed by atoms with Crippen LogP contribution in [0.25, 0.3) is 0 Å². The van der Waals surface area contributed by atoms with E-state index in [0.717, 1.165) is 22.4 Å². The van der Waals surface area contributed by atoms with E-state index in [0.29, 0.717) is 32.1 Å². The van der Waals surface area contributed by atoms with Crippen LogP contribution in [0.5, 0.6) is 5.88 Å². The molecule has 0 radical (unpaired) electrons. The third-order valence-corrected chi connectivity index (χ3v) is 5.00. The maximum absolute atomic E-state index is 12.7. The monoisotopic (exact) mass is 361 g/mol. The van der Waals surface area contributed by atoms with Gasteiger partial charge in [-0.3, -0.25) is 9.48 Å². The van der Waals surface area contributed by atoms with Crippen LogP contribution in [0, 0.1) is 13.8 Å². The highest BCUT2D eigenvalue weighted by Crippen LogP contribution is 2.21. The molecule has 0 atom stereocenters. The normalized spacial score (nSPS) is 13.3.